The Balaban J connectivity index is 1.33. The Morgan fingerprint density at radius 2 is 1.77 bits per heavy atom. The van der Waals surface area contributed by atoms with Gasteiger partial charge in [-0.15, -0.1) is 0 Å². The predicted molar refractivity (Wildman–Crippen MR) is 113 cm³/mol. The first kappa shape index (κ1) is 24.4. The topological polar surface area (TPSA) is 87.7 Å². The van der Waals surface area contributed by atoms with Crippen molar-refractivity contribution in [2.75, 3.05) is 23.3 Å². The minimum atomic E-state index is -3.22. The van der Waals surface area contributed by atoms with Crippen LogP contribution in [0, 0.1) is 23.4 Å². The summed E-state index contributed by atoms with van der Waals surface area (Å²) in [7, 11) is 0. The van der Waals surface area contributed by atoms with Crippen molar-refractivity contribution in [2.45, 2.75) is 31.8 Å². The van der Waals surface area contributed by atoms with Crippen LogP contribution in [0.3, 0.4) is 0 Å². The second-order valence-corrected chi connectivity index (χ2v) is 8.37. The van der Waals surface area contributed by atoms with Gasteiger partial charge in [-0.2, -0.15) is 8.78 Å². The summed E-state index contributed by atoms with van der Waals surface area (Å²) in [6.45, 7) is -2.57. The third-order valence-electron chi connectivity index (χ3n) is 5.88. The summed E-state index contributed by atoms with van der Waals surface area (Å²) in [5.74, 6) is -6.40. The summed E-state index contributed by atoms with van der Waals surface area (Å²) in [5, 5.41) is 4.55. The highest BCUT2D eigenvalue weighted by Gasteiger charge is 2.34. The van der Waals surface area contributed by atoms with Crippen LogP contribution >= 0.6 is 0 Å². The van der Waals surface area contributed by atoms with Crippen LogP contribution in [0.4, 0.5) is 33.3 Å². The number of carbonyl (C=O) groups is 3. The van der Waals surface area contributed by atoms with E-state index in [1.54, 1.807) is 4.90 Å². The van der Waals surface area contributed by atoms with Gasteiger partial charge in [0.25, 0.3) is 0 Å². The average Bonchev–Trinajstić information content (AvgIpc) is 2.73. The van der Waals surface area contributed by atoms with Gasteiger partial charge in [-0.25, -0.2) is 13.2 Å². The molecule has 186 valence electrons. The zero-order chi connectivity index (χ0) is 25.3. The van der Waals surface area contributed by atoms with E-state index in [4.69, 9.17) is 0 Å². The molecule has 3 amide bonds. The second-order valence-electron chi connectivity index (χ2n) is 8.37. The Morgan fingerprint density at radius 1 is 1.09 bits per heavy atom. The number of benzene rings is 2. The van der Waals surface area contributed by atoms with Crippen molar-refractivity contribution in [3.63, 3.8) is 0 Å². The number of piperidine rings is 1. The van der Waals surface area contributed by atoms with Crippen molar-refractivity contribution >= 4 is 29.1 Å². The fourth-order valence-electron chi connectivity index (χ4n) is 4.21. The molecule has 1 atom stereocenters. The minimum absolute atomic E-state index is 0.00855. The van der Waals surface area contributed by atoms with E-state index in [9.17, 15) is 36.3 Å². The molecule has 4 rings (SSSR count). The van der Waals surface area contributed by atoms with Crippen LogP contribution in [0.2, 0.25) is 0 Å². The smallest absolute Gasteiger partial charge is 0.387 e. The molecule has 2 aliphatic heterocycles. The molecule has 7 nitrogen and oxygen atoms in total. The highest BCUT2D eigenvalue weighted by atomic mass is 19.3. The lowest BCUT2D eigenvalue weighted by atomic mass is 9.89. The standard InChI is InChI=1S/C23H20F5N3O4/c24-15-3-1-12(6-18(15)35-23(27)28)29-20(33)5-11-9-31(10-11)13-7-16(25)21(17(26)8-13)14-2-4-19(32)30-22(14)34/h1,3,6-8,11,14,23H,2,4-5,9-10H2,(H,29,33)(H,30,32,34). The highest BCUT2D eigenvalue weighted by molar-refractivity contribution is 6.01. The number of nitrogens with one attached hydrogen (secondary N) is 2. The zero-order valence-electron chi connectivity index (χ0n) is 18.1. The lowest BCUT2D eigenvalue weighted by Gasteiger charge is -2.41. The van der Waals surface area contributed by atoms with Crippen molar-refractivity contribution < 1.29 is 41.1 Å². The number of halogens is 5. The summed E-state index contributed by atoms with van der Waals surface area (Å²) in [4.78, 5) is 37.2. The monoisotopic (exact) mass is 497 g/mol. The number of amides is 3. The lowest BCUT2D eigenvalue weighted by molar-refractivity contribution is -0.134. The fraction of sp³-hybridized carbons (Fsp3) is 0.348. The molecule has 12 heteroatoms. The molecule has 0 aliphatic carbocycles. The molecule has 0 aromatic heterocycles. The molecular weight excluding hydrogens is 477 g/mol. The average molecular weight is 497 g/mol. The molecule has 2 aliphatic rings. The van der Waals surface area contributed by atoms with Crippen LogP contribution in [0.25, 0.3) is 0 Å². The number of alkyl halides is 2. The number of hydrogen-bond donors (Lipinski definition) is 2. The van der Waals surface area contributed by atoms with Gasteiger partial charge in [-0.1, -0.05) is 0 Å². The minimum Gasteiger partial charge on any atom is -0.432 e. The normalized spacial score (nSPS) is 18.3. The van der Waals surface area contributed by atoms with Crippen LogP contribution in [0.1, 0.15) is 30.7 Å². The third-order valence-corrected chi connectivity index (χ3v) is 5.88. The van der Waals surface area contributed by atoms with Crippen LogP contribution in [0.5, 0.6) is 5.75 Å². The summed E-state index contributed by atoms with van der Waals surface area (Å²) in [5.41, 5.74) is -0.0545. The number of hydrogen-bond acceptors (Lipinski definition) is 5. The van der Waals surface area contributed by atoms with Gasteiger partial charge in [0.2, 0.25) is 17.7 Å². The van der Waals surface area contributed by atoms with Crippen LogP contribution in [-0.2, 0) is 14.4 Å². The van der Waals surface area contributed by atoms with Crippen LogP contribution in [-0.4, -0.2) is 37.4 Å². The summed E-state index contributed by atoms with van der Waals surface area (Å²) < 4.78 is 71.6. The van der Waals surface area contributed by atoms with Gasteiger partial charge in [0.1, 0.15) is 11.6 Å². The number of nitrogens with zero attached hydrogens (tertiary/aromatic N) is 1. The number of anilines is 2. The summed E-state index contributed by atoms with van der Waals surface area (Å²) in [6.07, 6.45) is 0.0478. The number of rotatable bonds is 7. The molecule has 2 N–H and O–H groups in total. The van der Waals surface area contributed by atoms with Crippen molar-refractivity contribution in [1.82, 2.24) is 5.32 Å². The Labute approximate surface area is 196 Å². The third kappa shape index (κ3) is 5.52. The molecule has 2 aromatic rings. The van der Waals surface area contributed by atoms with E-state index in [0.717, 1.165) is 24.3 Å². The van der Waals surface area contributed by atoms with Crippen molar-refractivity contribution in [2.24, 2.45) is 5.92 Å². The molecule has 2 heterocycles. The van der Waals surface area contributed by atoms with Crippen LogP contribution in [0.15, 0.2) is 30.3 Å². The first-order valence-electron chi connectivity index (χ1n) is 10.7. The Morgan fingerprint density at radius 3 is 2.40 bits per heavy atom. The number of carbonyl (C=O) groups excluding carboxylic acids is 3. The fourth-order valence-corrected chi connectivity index (χ4v) is 4.21. The quantitative estimate of drug-likeness (QED) is 0.450. The van der Waals surface area contributed by atoms with Gasteiger partial charge < -0.3 is 15.0 Å². The molecule has 2 fully saturated rings. The van der Waals surface area contributed by atoms with Gasteiger partial charge in [0, 0.05) is 54.9 Å². The molecule has 0 bridgehead atoms. The first-order valence-corrected chi connectivity index (χ1v) is 10.7. The Hall–Kier alpha value is -3.70. The summed E-state index contributed by atoms with van der Waals surface area (Å²) >= 11 is 0. The van der Waals surface area contributed by atoms with E-state index in [1.165, 1.54) is 6.07 Å². The Kier molecular flexibility index (Phi) is 6.90. The van der Waals surface area contributed by atoms with E-state index in [-0.39, 0.29) is 42.1 Å². The van der Waals surface area contributed by atoms with Gasteiger partial charge in [-0.05, 0) is 30.7 Å². The Bertz CT molecular complexity index is 1150. The molecule has 35 heavy (non-hydrogen) atoms. The van der Waals surface area contributed by atoms with Crippen molar-refractivity contribution in [3.8, 4) is 5.75 Å². The van der Waals surface area contributed by atoms with Crippen molar-refractivity contribution in [3.05, 3.63) is 53.3 Å². The largest absolute Gasteiger partial charge is 0.432 e. The number of ether oxygens (including phenoxy) is 1. The van der Waals surface area contributed by atoms with Crippen molar-refractivity contribution in [1.29, 1.82) is 0 Å². The van der Waals surface area contributed by atoms with E-state index in [2.05, 4.69) is 15.4 Å². The van der Waals surface area contributed by atoms with Gasteiger partial charge in [0.15, 0.2) is 11.6 Å². The number of imide groups is 1. The van der Waals surface area contributed by atoms with E-state index < -0.39 is 53.5 Å². The maximum atomic E-state index is 14.7. The maximum absolute atomic E-state index is 14.7. The predicted octanol–water partition coefficient (Wildman–Crippen LogP) is 3.69. The lowest BCUT2D eigenvalue weighted by Crippen LogP contribution is -2.48. The maximum Gasteiger partial charge on any atom is 0.387 e. The summed E-state index contributed by atoms with van der Waals surface area (Å²) in [6, 6.07) is 5.26. The second kappa shape index (κ2) is 9.88. The van der Waals surface area contributed by atoms with Gasteiger partial charge in [-0.3, -0.25) is 19.7 Å². The zero-order valence-corrected chi connectivity index (χ0v) is 18.1. The van der Waals surface area contributed by atoms with Gasteiger partial charge >= 0.3 is 6.61 Å². The SMILES string of the molecule is O=C1CCC(c2c(F)cc(N3CC(CC(=O)Nc4ccc(F)c(OC(F)F)c4)C3)cc2F)C(=O)N1. The van der Waals surface area contributed by atoms with Crippen LogP contribution < -0.4 is 20.3 Å². The van der Waals surface area contributed by atoms with E-state index in [1.807, 2.05) is 0 Å². The molecule has 1 unspecified atom stereocenters. The molecule has 2 aromatic carbocycles. The molecule has 2 saturated heterocycles. The molecule has 0 saturated carbocycles. The highest BCUT2D eigenvalue weighted by Crippen LogP contribution is 2.34. The van der Waals surface area contributed by atoms with Gasteiger partial charge in [0.05, 0.1) is 5.92 Å². The molecular formula is C23H20F5N3O4. The molecule has 0 radical (unpaired) electrons. The van der Waals surface area contributed by atoms with E-state index in [0.29, 0.717) is 13.1 Å². The first-order chi connectivity index (χ1) is 16.6. The van der Waals surface area contributed by atoms with E-state index >= 15 is 0 Å². The molecule has 0 spiro atoms.